The number of rotatable bonds is 2. The normalized spacial score (nSPS) is 3.00. The fraction of sp³-hybridized carbons (Fsp3) is 0.571. The molecule has 0 aliphatic heterocycles. The number of unbranched alkanes of at least 4 members (excludes halogenated alkanes) is 2. The summed E-state index contributed by atoms with van der Waals surface area (Å²) in [5.74, 6) is 0. The fourth-order valence-corrected chi connectivity index (χ4v) is 0. The van der Waals surface area contributed by atoms with Gasteiger partial charge in [-0.25, -0.2) is 25.7 Å². The van der Waals surface area contributed by atoms with Crippen LogP contribution >= 0.6 is 0 Å². The van der Waals surface area contributed by atoms with Crippen LogP contribution in [0.1, 0.15) is 53.4 Å². The van der Waals surface area contributed by atoms with Crippen molar-refractivity contribution < 1.29 is 589 Å². The van der Waals surface area contributed by atoms with Gasteiger partial charge in [0.1, 0.15) is 0 Å². The monoisotopic (exact) mass is 1800 g/mol. The minimum atomic E-state index is 0. The van der Waals surface area contributed by atoms with Gasteiger partial charge in [0.25, 0.3) is 0 Å². The van der Waals surface area contributed by atoms with Gasteiger partial charge in [-0.3, -0.25) is 0 Å². The second-order valence-corrected chi connectivity index (χ2v) is 2.57. The molecule has 16 radical (unpaired) electrons. The van der Waals surface area contributed by atoms with Crippen LogP contribution in [0.4, 0.5) is 0 Å². The summed E-state index contributed by atoms with van der Waals surface area (Å²) < 4.78 is 0. The molecule has 0 saturated carbocycles. The zero-order chi connectivity index (χ0) is 12.2. The van der Waals surface area contributed by atoms with Gasteiger partial charge in [0.2, 0.25) is 0 Å². The minimum Gasteiger partial charge on any atom is -0.346 e. The maximum atomic E-state index is 3.54. The summed E-state index contributed by atoms with van der Waals surface area (Å²) in [4.78, 5) is 0. The van der Waals surface area contributed by atoms with Gasteiger partial charge in [0, 0.05) is 523 Å². The Labute approximate surface area is 659 Å². The molecule has 0 heterocycles. The van der Waals surface area contributed by atoms with Crippen molar-refractivity contribution in [2.24, 2.45) is 0 Å². The van der Waals surface area contributed by atoms with E-state index < -0.39 is 0 Å². The maximum absolute atomic E-state index is 3.54. The number of hydrogen-bond donors (Lipinski definition) is 0. The molecule has 0 aromatic heterocycles. The molecule has 32 heavy (non-hydrogen) atoms. The van der Waals surface area contributed by atoms with Crippen molar-refractivity contribution in [3.8, 4) is 0 Å². The topological polar surface area (TPSA) is 0 Å². The van der Waals surface area contributed by atoms with Crippen molar-refractivity contribution in [2.75, 3.05) is 0 Å². The minimum absolute atomic E-state index is 0. The van der Waals surface area contributed by atoms with E-state index in [1.165, 1.54) is 0 Å². The van der Waals surface area contributed by atoms with Crippen LogP contribution in [-0.4, -0.2) is 0 Å². The Morgan fingerprint density at radius 2 is 0.344 bits per heavy atom. The quantitative estimate of drug-likeness (QED) is 0.331. The van der Waals surface area contributed by atoms with E-state index in [2.05, 4.69) is 27.7 Å². The average molecular weight is 1800 g/mol. The Morgan fingerprint density at radius 1 is 0.312 bits per heavy atom. The Bertz CT molecular complexity index is 52.7. The van der Waals surface area contributed by atoms with Crippen LogP contribution in [0.5, 0.6) is 0 Å². The molecule has 0 atom stereocenters. The van der Waals surface area contributed by atoms with Gasteiger partial charge in [-0.15, -0.1) is 0 Å². The van der Waals surface area contributed by atoms with Crippen LogP contribution in [0, 0.1) is 40.5 Å². The molecular weight excluding hydrogens is 1770 g/mol. The molecule has 0 aliphatic rings. The molecule has 0 aromatic carbocycles. The van der Waals surface area contributed by atoms with E-state index in [1.807, 2.05) is 40.5 Å². The summed E-state index contributed by atoms with van der Waals surface area (Å²) in [6.07, 6.45) is 7.83. The van der Waals surface area contributed by atoms with Crippen molar-refractivity contribution in [3.05, 3.63) is 40.5 Å². The standard InChI is InChI=1S/2C4H8.2C3H7.18Y/c2*1-3-4-2;2*1-3-2;;;;;;;;;;;;;;;;;;/h2*1-4H2;2*3H,1-2H3;;;;;;;;;;;;;;;;;;/q2*-2;2*-1;;;;;;;;;;;;;;;;;2*+3. The molecule has 140 valence electrons. The zero-order valence-corrected chi connectivity index (χ0v) is 72.3. The fourth-order valence-electron chi connectivity index (χ4n) is 0. The van der Waals surface area contributed by atoms with E-state index >= 15 is 0 Å². The second kappa shape index (κ2) is 189. The summed E-state index contributed by atoms with van der Waals surface area (Å²) in [6.45, 7) is 22.2. The molecule has 0 aromatic rings. The van der Waals surface area contributed by atoms with E-state index in [0.29, 0.717) is 0 Å². The van der Waals surface area contributed by atoms with Crippen LogP contribution < -0.4 is 0 Å². The molecule has 0 unspecified atom stereocenters. The van der Waals surface area contributed by atoms with E-state index in [-0.39, 0.29) is 589 Å². The molecule has 0 bridgehead atoms. The smallest absolute Gasteiger partial charge is 0.346 e. The van der Waals surface area contributed by atoms with Crippen LogP contribution in [-0.2, 0) is 589 Å². The van der Waals surface area contributed by atoms with Crippen molar-refractivity contribution in [1.29, 1.82) is 0 Å². The third-order valence-corrected chi connectivity index (χ3v) is 0.500. The van der Waals surface area contributed by atoms with Crippen molar-refractivity contribution >= 4 is 0 Å². The zero-order valence-electron chi connectivity index (χ0n) is 21.2. The molecule has 0 rings (SSSR count). The molecule has 0 nitrogen and oxygen atoms in total. The Hall–Kier alpha value is 19.9. The predicted molar refractivity (Wildman–Crippen MR) is 71.2 cm³/mol. The summed E-state index contributed by atoms with van der Waals surface area (Å²) in [5.41, 5.74) is 0. The van der Waals surface area contributed by atoms with E-state index in [4.69, 9.17) is 0 Å². The largest absolute Gasteiger partial charge is 3.00 e. The average Bonchev–Trinajstić information content (AvgIpc) is 2.20. The first-order valence-electron chi connectivity index (χ1n) is 5.31. The van der Waals surface area contributed by atoms with Gasteiger partial charge in [0.05, 0.1) is 0 Å². The molecule has 0 aliphatic carbocycles. The van der Waals surface area contributed by atoms with Crippen molar-refractivity contribution in [1.82, 2.24) is 0 Å². The molecular formula is C14H30Y18. The molecule has 0 N–H and O–H groups in total. The first-order chi connectivity index (χ1) is 6.66. The third kappa shape index (κ3) is 249. The number of hydrogen-bond acceptors (Lipinski definition) is 0. The van der Waals surface area contributed by atoms with E-state index in [1.54, 1.807) is 0 Å². The molecule has 0 fully saturated rings. The molecule has 18 heteroatoms. The summed E-state index contributed by atoms with van der Waals surface area (Å²) in [6, 6.07) is 0. The Morgan fingerprint density at radius 3 is 0.344 bits per heavy atom. The third-order valence-electron chi connectivity index (χ3n) is 0.500. The van der Waals surface area contributed by atoms with Crippen molar-refractivity contribution in [2.45, 2.75) is 53.4 Å². The van der Waals surface area contributed by atoms with E-state index in [9.17, 15) is 0 Å². The Balaban J connectivity index is -0.00000000176. The summed E-state index contributed by atoms with van der Waals surface area (Å²) >= 11 is 0. The van der Waals surface area contributed by atoms with Crippen LogP contribution in [0.25, 0.3) is 0 Å². The summed E-state index contributed by atoms with van der Waals surface area (Å²) in [7, 11) is 0. The second-order valence-electron chi connectivity index (χ2n) is 2.57. The predicted octanol–water partition coefficient (Wildman–Crippen LogP) is 5.29. The van der Waals surface area contributed by atoms with Gasteiger partial charge in [-0.05, 0) is 0 Å². The van der Waals surface area contributed by atoms with Gasteiger partial charge in [-0.1, -0.05) is 0 Å². The van der Waals surface area contributed by atoms with Gasteiger partial charge in [0.15, 0.2) is 0 Å². The van der Waals surface area contributed by atoms with Gasteiger partial charge >= 0.3 is 65.4 Å². The molecule has 0 spiro atoms. The first kappa shape index (κ1) is 150. The summed E-state index contributed by atoms with van der Waals surface area (Å²) in [5, 5.41) is 0. The van der Waals surface area contributed by atoms with Gasteiger partial charge in [-0.2, -0.15) is 27.7 Å². The first-order valence-corrected chi connectivity index (χ1v) is 5.31. The SMILES string of the molecule is C[CH-]C.C[CH-]C.[CH2-]CC[CH2-].[CH2-]CC[CH2-].[Y+3].[Y+3].[Y].[Y].[Y].[Y].[Y].[Y].[Y].[Y].[Y].[Y].[Y].[Y].[Y].[Y].[Y].[Y]. The van der Waals surface area contributed by atoms with Crippen LogP contribution in [0.2, 0.25) is 0 Å². The van der Waals surface area contributed by atoms with Crippen LogP contribution in [0.15, 0.2) is 0 Å². The molecule has 0 amide bonds. The molecule has 0 saturated heterocycles. The van der Waals surface area contributed by atoms with E-state index in [0.717, 1.165) is 25.7 Å². The van der Waals surface area contributed by atoms with Crippen LogP contribution in [0.3, 0.4) is 0 Å². The van der Waals surface area contributed by atoms with Gasteiger partial charge < -0.3 is 40.5 Å². The maximum Gasteiger partial charge on any atom is 3.00 e. The Kier molecular flexibility index (Phi) is 889. The van der Waals surface area contributed by atoms with Crippen molar-refractivity contribution in [3.63, 3.8) is 0 Å².